The van der Waals surface area contributed by atoms with Gasteiger partial charge in [-0.15, -0.1) is 0 Å². The quantitative estimate of drug-likeness (QED) is 0.775. The standard InChI is InChI=1S/C19H15N5O/c1-12-23-17-16(13-6-3-2-4-7-13)15(10-20)18(21)24(19(17)25-12)14-8-5-9-22-11-14/h2-9,11,16H,21H2,1H3/t16-/m0/s1. The second kappa shape index (κ2) is 5.80. The van der Waals surface area contributed by atoms with E-state index in [-0.39, 0.29) is 5.92 Å². The normalized spacial score (nSPS) is 16.5. The molecule has 0 spiro atoms. The number of nitrogens with two attached hydrogens (primary N) is 1. The molecule has 4 rings (SSSR count). The number of benzene rings is 1. The SMILES string of the molecule is Cc1nc2c(o1)N(c1cccnc1)C(N)=C(C#N)[C@@H]2c1ccccc1. The second-order valence-corrected chi connectivity index (χ2v) is 5.72. The van der Waals surface area contributed by atoms with E-state index in [4.69, 9.17) is 10.2 Å². The molecule has 0 amide bonds. The Bertz CT molecular complexity index is 986. The molecule has 1 aromatic carbocycles. The molecule has 1 aliphatic heterocycles. The van der Waals surface area contributed by atoms with Crippen molar-refractivity contribution >= 4 is 11.6 Å². The molecule has 3 heterocycles. The minimum absolute atomic E-state index is 0.327. The minimum Gasteiger partial charge on any atom is -0.424 e. The van der Waals surface area contributed by atoms with Crippen molar-refractivity contribution in [2.24, 2.45) is 5.73 Å². The number of allylic oxidation sites excluding steroid dienone is 1. The molecule has 0 saturated carbocycles. The summed E-state index contributed by atoms with van der Waals surface area (Å²) < 4.78 is 5.85. The fraction of sp³-hybridized carbons (Fsp3) is 0.105. The fourth-order valence-corrected chi connectivity index (χ4v) is 3.13. The van der Waals surface area contributed by atoms with Crippen molar-refractivity contribution in [1.29, 1.82) is 5.26 Å². The molecular weight excluding hydrogens is 314 g/mol. The number of pyridine rings is 1. The summed E-state index contributed by atoms with van der Waals surface area (Å²) in [4.78, 5) is 10.4. The van der Waals surface area contributed by atoms with E-state index in [1.165, 1.54) is 0 Å². The third-order valence-corrected chi connectivity index (χ3v) is 4.18. The summed E-state index contributed by atoms with van der Waals surface area (Å²) in [5.41, 5.74) is 9.17. The summed E-state index contributed by atoms with van der Waals surface area (Å²) in [6.45, 7) is 1.78. The molecule has 0 unspecified atom stereocenters. The monoisotopic (exact) mass is 329 g/mol. The van der Waals surface area contributed by atoms with Crippen molar-refractivity contribution in [1.82, 2.24) is 9.97 Å². The van der Waals surface area contributed by atoms with Gasteiger partial charge in [0, 0.05) is 13.1 Å². The van der Waals surface area contributed by atoms with E-state index in [2.05, 4.69) is 16.0 Å². The molecule has 3 aromatic rings. The van der Waals surface area contributed by atoms with Crippen LogP contribution in [-0.4, -0.2) is 9.97 Å². The predicted octanol–water partition coefficient (Wildman–Crippen LogP) is 3.36. The lowest BCUT2D eigenvalue weighted by Crippen LogP contribution is -2.31. The fourth-order valence-electron chi connectivity index (χ4n) is 3.13. The summed E-state index contributed by atoms with van der Waals surface area (Å²) in [7, 11) is 0. The molecule has 25 heavy (non-hydrogen) atoms. The molecule has 6 nitrogen and oxygen atoms in total. The van der Waals surface area contributed by atoms with Crippen LogP contribution in [-0.2, 0) is 0 Å². The summed E-state index contributed by atoms with van der Waals surface area (Å²) in [6, 6.07) is 15.6. The molecule has 6 heteroatoms. The van der Waals surface area contributed by atoms with Crippen molar-refractivity contribution in [2.45, 2.75) is 12.8 Å². The number of hydrogen-bond acceptors (Lipinski definition) is 6. The van der Waals surface area contributed by atoms with E-state index in [0.29, 0.717) is 28.9 Å². The topological polar surface area (TPSA) is 92.0 Å². The highest BCUT2D eigenvalue weighted by Gasteiger charge is 2.38. The van der Waals surface area contributed by atoms with Crippen LogP contribution in [0.4, 0.5) is 11.6 Å². The van der Waals surface area contributed by atoms with Crippen molar-refractivity contribution < 1.29 is 4.42 Å². The average Bonchev–Trinajstić information content (AvgIpc) is 3.02. The molecule has 0 radical (unpaired) electrons. The number of aryl methyl sites for hydroxylation is 1. The van der Waals surface area contributed by atoms with Crippen molar-refractivity contribution in [2.75, 3.05) is 4.90 Å². The van der Waals surface area contributed by atoms with E-state index in [0.717, 1.165) is 11.3 Å². The number of fused-ring (bicyclic) bond motifs is 1. The van der Waals surface area contributed by atoms with Gasteiger partial charge in [0.1, 0.15) is 11.5 Å². The summed E-state index contributed by atoms with van der Waals surface area (Å²) >= 11 is 0. The third-order valence-electron chi connectivity index (χ3n) is 4.18. The highest BCUT2D eigenvalue weighted by molar-refractivity contribution is 5.72. The average molecular weight is 329 g/mol. The lowest BCUT2D eigenvalue weighted by atomic mass is 9.86. The predicted molar refractivity (Wildman–Crippen MR) is 92.7 cm³/mol. The molecular formula is C19H15N5O. The minimum atomic E-state index is -0.355. The first kappa shape index (κ1) is 15.0. The number of aromatic nitrogens is 2. The molecule has 1 atom stereocenters. The van der Waals surface area contributed by atoms with Gasteiger partial charge in [-0.3, -0.25) is 9.88 Å². The van der Waals surface area contributed by atoms with Crippen LogP contribution in [0.25, 0.3) is 0 Å². The van der Waals surface area contributed by atoms with Gasteiger partial charge in [0.05, 0.1) is 29.4 Å². The van der Waals surface area contributed by atoms with Gasteiger partial charge < -0.3 is 10.2 Å². The third kappa shape index (κ3) is 2.34. The van der Waals surface area contributed by atoms with Crippen LogP contribution in [0.15, 0.2) is 70.7 Å². The van der Waals surface area contributed by atoms with Crippen LogP contribution >= 0.6 is 0 Å². The molecule has 0 saturated heterocycles. The van der Waals surface area contributed by atoms with Crippen LogP contribution in [0.1, 0.15) is 23.1 Å². The Morgan fingerprint density at radius 2 is 2.00 bits per heavy atom. The Balaban J connectivity index is 1.98. The van der Waals surface area contributed by atoms with Gasteiger partial charge in [-0.2, -0.15) is 5.26 Å². The van der Waals surface area contributed by atoms with Crippen molar-refractivity contribution in [3.05, 3.63) is 83.4 Å². The number of nitrogens with zero attached hydrogens (tertiary/aromatic N) is 4. The van der Waals surface area contributed by atoms with E-state index in [1.54, 1.807) is 30.3 Å². The van der Waals surface area contributed by atoms with Crippen molar-refractivity contribution in [3.8, 4) is 6.07 Å². The summed E-state index contributed by atoms with van der Waals surface area (Å²) in [5, 5.41) is 9.80. The van der Waals surface area contributed by atoms with Crippen LogP contribution in [0.3, 0.4) is 0 Å². The number of nitriles is 1. The van der Waals surface area contributed by atoms with Crippen LogP contribution in [0, 0.1) is 18.3 Å². The zero-order chi connectivity index (χ0) is 17.4. The summed E-state index contributed by atoms with van der Waals surface area (Å²) in [5.74, 6) is 1.02. The summed E-state index contributed by atoms with van der Waals surface area (Å²) in [6.07, 6.45) is 3.35. The first-order valence-electron chi connectivity index (χ1n) is 7.83. The van der Waals surface area contributed by atoms with Crippen LogP contribution in [0.5, 0.6) is 0 Å². The maximum absolute atomic E-state index is 9.80. The van der Waals surface area contributed by atoms with Gasteiger partial charge in [0.2, 0.25) is 5.88 Å². The highest BCUT2D eigenvalue weighted by Crippen LogP contribution is 2.45. The number of anilines is 2. The molecule has 2 aromatic heterocycles. The molecule has 1 aliphatic rings. The van der Waals surface area contributed by atoms with Crippen LogP contribution < -0.4 is 10.6 Å². The van der Waals surface area contributed by atoms with Crippen LogP contribution in [0.2, 0.25) is 0 Å². The number of hydrogen-bond donors (Lipinski definition) is 1. The van der Waals surface area contributed by atoms with Gasteiger partial charge in [-0.05, 0) is 17.7 Å². The smallest absolute Gasteiger partial charge is 0.230 e. The first-order valence-corrected chi connectivity index (χ1v) is 7.83. The van der Waals surface area contributed by atoms with E-state index in [1.807, 2.05) is 36.4 Å². The largest absolute Gasteiger partial charge is 0.424 e. The Kier molecular flexibility index (Phi) is 3.47. The lowest BCUT2D eigenvalue weighted by Gasteiger charge is -2.31. The second-order valence-electron chi connectivity index (χ2n) is 5.72. The maximum atomic E-state index is 9.80. The highest BCUT2D eigenvalue weighted by atomic mass is 16.4. The van der Waals surface area contributed by atoms with E-state index in [9.17, 15) is 5.26 Å². The van der Waals surface area contributed by atoms with Crippen molar-refractivity contribution in [3.63, 3.8) is 0 Å². The molecule has 0 fully saturated rings. The van der Waals surface area contributed by atoms with Gasteiger partial charge in [-0.25, -0.2) is 4.98 Å². The Hall–Kier alpha value is -3.59. The first-order chi connectivity index (χ1) is 12.2. The van der Waals surface area contributed by atoms with E-state index < -0.39 is 0 Å². The lowest BCUT2D eigenvalue weighted by molar-refractivity contribution is 0.522. The zero-order valence-electron chi connectivity index (χ0n) is 13.5. The van der Waals surface area contributed by atoms with Gasteiger partial charge >= 0.3 is 0 Å². The zero-order valence-corrected chi connectivity index (χ0v) is 13.5. The number of oxazole rings is 1. The van der Waals surface area contributed by atoms with E-state index >= 15 is 0 Å². The van der Waals surface area contributed by atoms with Gasteiger partial charge in [-0.1, -0.05) is 30.3 Å². The molecule has 0 bridgehead atoms. The molecule has 0 aliphatic carbocycles. The Labute approximate surface area is 144 Å². The van der Waals surface area contributed by atoms with Gasteiger partial charge in [0.15, 0.2) is 5.89 Å². The molecule has 2 N–H and O–H groups in total. The number of rotatable bonds is 2. The van der Waals surface area contributed by atoms with Gasteiger partial charge in [0.25, 0.3) is 0 Å². The Morgan fingerprint density at radius 1 is 1.20 bits per heavy atom. The maximum Gasteiger partial charge on any atom is 0.230 e. The molecule has 122 valence electrons. The Morgan fingerprint density at radius 3 is 2.68 bits per heavy atom.